The van der Waals surface area contributed by atoms with Crippen molar-refractivity contribution in [2.24, 2.45) is 0 Å². The number of anilines is 1. The third kappa shape index (κ3) is 3.89. The molecule has 1 unspecified atom stereocenters. The third-order valence-electron chi connectivity index (χ3n) is 6.67. The van der Waals surface area contributed by atoms with E-state index >= 15 is 0 Å². The molecule has 0 bridgehead atoms. The summed E-state index contributed by atoms with van der Waals surface area (Å²) in [5.41, 5.74) is 6.47. The van der Waals surface area contributed by atoms with Crippen molar-refractivity contribution in [3.63, 3.8) is 0 Å². The number of aromatic nitrogens is 2. The van der Waals surface area contributed by atoms with Crippen LogP contribution in [-0.4, -0.2) is 22.5 Å². The highest BCUT2D eigenvalue weighted by molar-refractivity contribution is 6.42. The van der Waals surface area contributed by atoms with E-state index in [9.17, 15) is 4.79 Å². The Morgan fingerprint density at radius 2 is 1.54 bits per heavy atom. The van der Waals surface area contributed by atoms with Crippen LogP contribution in [0.5, 0.6) is 0 Å². The van der Waals surface area contributed by atoms with Gasteiger partial charge in [-0.25, -0.2) is 14.8 Å². The zero-order valence-corrected chi connectivity index (χ0v) is 22.2. The van der Waals surface area contributed by atoms with Crippen LogP contribution in [-0.2, 0) is 9.53 Å². The number of hydrogen-bond donors (Lipinski definition) is 1. The molecule has 1 N–H and O–H groups in total. The topological polar surface area (TPSA) is 64.1 Å². The van der Waals surface area contributed by atoms with Gasteiger partial charge in [-0.2, -0.15) is 0 Å². The van der Waals surface area contributed by atoms with E-state index < -0.39 is 5.92 Å². The zero-order valence-electron chi connectivity index (χ0n) is 19.9. The lowest BCUT2D eigenvalue weighted by Gasteiger charge is -2.32. The Kier molecular flexibility index (Phi) is 5.95. The van der Waals surface area contributed by atoms with Gasteiger partial charge in [-0.05, 0) is 43.7 Å². The minimum Gasteiger partial charge on any atom is -0.463 e. The number of halogens is 3. The maximum Gasteiger partial charge on any atom is 0.336 e. The fraction of sp³-hybridized carbons (Fsp3) is 0.138. The van der Waals surface area contributed by atoms with E-state index in [1.54, 1.807) is 19.1 Å². The average molecular weight is 549 g/mol. The third-order valence-corrected chi connectivity index (χ3v) is 7.65. The first-order valence-electron chi connectivity index (χ1n) is 11.8. The highest BCUT2D eigenvalue weighted by Crippen LogP contribution is 2.49. The standard InChI is InChI=1S/C29H20Cl3N3O2/c1-3-37-29(36)23-14(2)33-26-17-6-4-5-7-18(17)27-28(25(26)24(23)15-8-10-16(30)11-9-15)35-22-13-20(32)19(31)12-21(22)34-27/h4-13,24,33H,3H2,1-2H3. The molecular weight excluding hydrogens is 529 g/mol. The first-order chi connectivity index (χ1) is 17.9. The van der Waals surface area contributed by atoms with Crippen molar-refractivity contribution in [1.29, 1.82) is 0 Å². The predicted molar refractivity (Wildman–Crippen MR) is 151 cm³/mol. The number of carbonyl (C=O) groups is 1. The van der Waals surface area contributed by atoms with Gasteiger partial charge in [-0.3, -0.25) is 0 Å². The Balaban J connectivity index is 1.78. The largest absolute Gasteiger partial charge is 0.463 e. The van der Waals surface area contributed by atoms with Gasteiger partial charge in [0.05, 0.1) is 50.0 Å². The molecule has 1 aliphatic rings. The molecule has 1 aromatic heterocycles. The maximum absolute atomic E-state index is 13.3. The van der Waals surface area contributed by atoms with Gasteiger partial charge in [-0.1, -0.05) is 71.2 Å². The SMILES string of the molecule is CCOC(=O)C1=C(C)Nc2c(c3nc4cc(Cl)c(Cl)cc4nc3c3ccccc23)C1c1ccc(Cl)cc1. The number of nitrogens with zero attached hydrogens (tertiary/aromatic N) is 2. The first kappa shape index (κ1) is 24.0. The van der Waals surface area contributed by atoms with Crippen LogP contribution in [0.4, 0.5) is 5.69 Å². The molecule has 0 saturated heterocycles. The lowest BCUT2D eigenvalue weighted by Crippen LogP contribution is -2.25. The van der Waals surface area contributed by atoms with E-state index in [1.165, 1.54) is 0 Å². The Morgan fingerprint density at radius 1 is 0.919 bits per heavy atom. The van der Waals surface area contributed by atoms with Crippen LogP contribution in [0.2, 0.25) is 15.1 Å². The summed E-state index contributed by atoms with van der Waals surface area (Å²) in [6.07, 6.45) is 0. The van der Waals surface area contributed by atoms with Gasteiger partial charge in [0, 0.05) is 33.0 Å². The van der Waals surface area contributed by atoms with Crippen molar-refractivity contribution in [2.45, 2.75) is 19.8 Å². The second-order valence-electron chi connectivity index (χ2n) is 8.88. The molecule has 4 aromatic carbocycles. The molecule has 0 amide bonds. The number of rotatable bonds is 3. The van der Waals surface area contributed by atoms with Crippen molar-refractivity contribution in [3.05, 3.63) is 98.1 Å². The maximum atomic E-state index is 13.3. The molecule has 1 atom stereocenters. The van der Waals surface area contributed by atoms with Crippen molar-refractivity contribution in [3.8, 4) is 0 Å². The number of benzene rings is 4. The van der Waals surface area contributed by atoms with Gasteiger partial charge in [0.1, 0.15) is 0 Å². The number of nitrogens with one attached hydrogen (secondary N) is 1. The monoisotopic (exact) mass is 547 g/mol. The molecule has 2 heterocycles. The van der Waals surface area contributed by atoms with Crippen molar-refractivity contribution >= 4 is 79.3 Å². The second kappa shape index (κ2) is 9.18. The number of allylic oxidation sites excluding steroid dienone is 1. The summed E-state index contributed by atoms with van der Waals surface area (Å²) in [7, 11) is 0. The van der Waals surface area contributed by atoms with Gasteiger partial charge < -0.3 is 10.1 Å². The van der Waals surface area contributed by atoms with E-state index in [0.717, 1.165) is 33.3 Å². The lowest BCUT2D eigenvalue weighted by molar-refractivity contribution is -0.138. The van der Waals surface area contributed by atoms with E-state index in [1.807, 2.05) is 55.5 Å². The molecule has 5 aromatic rings. The zero-order chi connectivity index (χ0) is 25.8. The van der Waals surface area contributed by atoms with Crippen LogP contribution < -0.4 is 5.32 Å². The van der Waals surface area contributed by atoms with Crippen LogP contribution in [0.15, 0.2) is 71.9 Å². The molecule has 5 nitrogen and oxygen atoms in total. The number of esters is 1. The molecule has 0 spiro atoms. The molecule has 0 saturated carbocycles. The van der Waals surface area contributed by atoms with Crippen LogP contribution in [0.1, 0.15) is 30.9 Å². The summed E-state index contributed by atoms with van der Waals surface area (Å²) >= 11 is 18.9. The Morgan fingerprint density at radius 3 is 2.19 bits per heavy atom. The van der Waals surface area contributed by atoms with Crippen LogP contribution in [0.25, 0.3) is 32.8 Å². The van der Waals surface area contributed by atoms with Crippen molar-refractivity contribution in [2.75, 3.05) is 11.9 Å². The average Bonchev–Trinajstić information content (AvgIpc) is 2.88. The number of carbonyl (C=O) groups excluding carboxylic acids is 1. The highest BCUT2D eigenvalue weighted by atomic mass is 35.5. The fourth-order valence-corrected chi connectivity index (χ4v) is 5.54. The van der Waals surface area contributed by atoms with Gasteiger partial charge in [-0.15, -0.1) is 0 Å². The summed E-state index contributed by atoms with van der Waals surface area (Å²) in [6, 6.07) is 19.0. The molecule has 0 fully saturated rings. The fourth-order valence-electron chi connectivity index (χ4n) is 5.10. The van der Waals surface area contributed by atoms with Crippen molar-refractivity contribution in [1.82, 2.24) is 9.97 Å². The summed E-state index contributed by atoms with van der Waals surface area (Å²) in [5, 5.41) is 6.83. The quantitative estimate of drug-likeness (QED) is 0.140. The molecule has 0 aliphatic carbocycles. The van der Waals surface area contributed by atoms with E-state index in [2.05, 4.69) is 5.32 Å². The summed E-state index contributed by atoms with van der Waals surface area (Å²) in [5.74, 6) is -0.850. The molecule has 0 radical (unpaired) electrons. The van der Waals surface area contributed by atoms with Gasteiger partial charge in [0.15, 0.2) is 0 Å². The lowest BCUT2D eigenvalue weighted by atomic mass is 9.78. The summed E-state index contributed by atoms with van der Waals surface area (Å²) in [4.78, 5) is 23.4. The molecule has 37 heavy (non-hydrogen) atoms. The smallest absolute Gasteiger partial charge is 0.336 e. The molecule has 8 heteroatoms. The van der Waals surface area contributed by atoms with Crippen LogP contribution in [0, 0.1) is 0 Å². The minimum atomic E-state index is -0.464. The normalized spacial score (nSPS) is 15.2. The molecule has 6 rings (SSSR count). The van der Waals surface area contributed by atoms with Gasteiger partial charge >= 0.3 is 5.97 Å². The highest BCUT2D eigenvalue weighted by Gasteiger charge is 2.36. The van der Waals surface area contributed by atoms with Gasteiger partial charge in [0.25, 0.3) is 0 Å². The molecule has 1 aliphatic heterocycles. The number of fused-ring (bicyclic) bond motifs is 7. The molecule has 184 valence electrons. The predicted octanol–water partition coefficient (Wildman–Crippen LogP) is 8.29. The second-order valence-corrected chi connectivity index (χ2v) is 10.1. The van der Waals surface area contributed by atoms with Gasteiger partial charge in [0.2, 0.25) is 0 Å². The Hall–Kier alpha value is -3.38. The summed E-state index contributed by atoms with van der Waals surface area (Å²) < 4.78 is 5.51. The number of ether oxygens (including phenoxy) is 1. The minimum absolute atomic E-state index is 0.262. The van der Waals surface area contributed by atoms with E-state index in [4.69, 9.17) is 49.5 Å². The molecular formula is C29H20Cl3N3O2. The Bertz CT molecular complexity index is 1780. The Labute approximate surface area is 228 Å². The van der Waals surface area contributed by atoms with E-state index in [-0.39, 0.29) is 12.6 Å². The van der Waals surface area contributed by atoms with Crippen LogP contribution >= 0.6 is 34.8 Å². The van der Waals surface area contributed by atoms with E-state index in [0.29, 0.717) is 42.7 Å². The van der Waals surface area contributed by atoms with Crippen molar-refractivity contribution < 1.29 is 9.53 Å². The number of hydrogen-bond acceptors (Lipinski definition) is 5. The summed E-state index contributed by atoms with van der Waals surface area (Å²) in [6.45, 7) is 3.95. The van der Waals surface area contributed by atoms with Crippen LogP contribution in [0.3, 0.4) is 0 Å². The first-order valence-corrected chi connectivity index (χ1v) is 12.9.